The molecule has 94 valence electrons. The van der Waals surface area contributed by atoms with Crippen LogP contribution in [0.2, 0.25) is 0 Å². The molecule has 0 aliphatic heterocycles. The van der Waals surface area contributed by atoms with Gasteiger partial charge in [0.05, 0.1) is 11.7 Å². The third-order valence-corrected chi connectivity index (χ3v) is 2.47. The topological polar surface area (TPSA) is 69.6 Å². The highest BCUT2D eigenvalue weighted by Crippen LogP contribution is 2.18. The molecule has 0 saturated heterocycles. The number of carbonyl (C=O) groups is 1. The summed E-state index contributed by atoms with van der Waals surface area (Å²) in [6, 6.07) is 4.75. The van der Waals surface area contributed by atoms with Crippen molar-refractivity contribution in [3.8, 4) is 5.75 Å². The Labute approximate surface area is 101 Å². The van der Waals surface area contributed by atoms with E-state index in [1.807, 2.05) is 13.8 Å². The summed E-state index contributed by atoms with van der Waals surface area (Å²) in [7, 11) is 0. The van der Waals surface area contributed by atoms with Crippen LogP contribution in [0.5, 0.6) is 5.75 Å². The Morgan fingerprint density at radius 1 is 1.41 bits per heavy atom. The van der Waals surface area contributed by atoms with E-state index in [2.05, 4.69) is 5.32 Å². The minimum Gasteiger partial charge on any atom is -0.507 e. The van der Waals surface area contributed by atoms with Crippen LogP contribution in [-0.4, -0.2) is 28.3 Å². The number of benzene rings is 1. The van der Waals surface area contributed by atoms with Crippen molar-refractivity contribution in [3.63, 3.8) is 0 Å². The van der Waals surface area contributed by atoms with E-state index >= 15 is 0 Å². The second kappa shape index (κ2) is 5.68. The highest BCUT2D eigenvalue weighted by molar-refractivity contribution is 5.97. The Hall–Kier alpha value is -1.55. The molecule has 4 nitrogen and oxygen atoms in total. The third-order valence-electron chi connectivity index (χ3n) is 2.47. The smallest absolute Gasteiger partial charge is 0.255 e. The van der Waals surface area contributed by atoms with Crippen molar-refractivity contribution in [2.45, 2.75) is 39.3 Å². The van der Waals surface area contributed by atoms with E-state index < -0.39 is 6.10 Å². The lowest BCUT2D eigenvalue weighted by Gasteiger charge is -2.16. The largest absolute Gasteiger partial charge is 0.507 e. The first-order valence-electron chi connectivity index (χ1n) is 5.68. The molecule has 1 aromatic rings. The van der Waals surface area contributed by atoms with E-state index in [4.69, 9.17) is 0 Å². The van der Waals surface area contributed by atoms with E-state index in [-0.39, 0.29) is 23.3 Å². The van der Waals surface area contributed by atoms with Gasteiger partial charge in [-0.2, -0.15) is 0 Å². The zero-order valence-corrected chi connectivity index (χ0v) is 10.4. The molecule has 0 fully saturated rings. The second-order valence-corrected chi connectivity index (χ2v) is 4.48. The summed E-state index contributed by atoms with van der Waals surface area (Å²) >= 11 is 0. The normalized spacial score (nSPS) is 14.1. The molecular weight excluding hydrogens is 218 g/mol. The van der Waals surface area contributed by atoms with Crippen LogP contribution in [0.4, 0.5) is 0 Å². The maximum absolute atomic E-state index is 11.9. The molecule has 17 heavy (non-hydrogen) atoms. The molecular formula is C13H19NO3. The van der Waals surface area contributed by atoms with E-state index in [0.29, 0.717) is 6.42 Å². The number of aliphatic hydroxyl groups excluding tert-OH is 1. The molecule has 0 bridgehead atoms. The zero-order chi connectivity index (χ0) is 13.0. The number of phenolic OH excluding ortho intramolecular Hbond substituents is 1. The molecule has 0 saturated carbocycles. The molecule has 3 N–H and O–H groups in total. The second-order valence-electron chi connectivity index (χ2n) is 4.48. The minimum absolute atomic E-state index is 0.0302. The quantitative estimate of drug-likeness (QED) is 0.744. The van der Waals surface area contributed by atoms with Crippen LogP contribution >= 0.6 is 0 Å². The lowest BCUT2D eigenvalue weighted by molar-refractivity contribution is 0.0920. The van der Waals surface area contributed by atoms with Crippen molar-refractivity contribution >= 4 is 5.91 Å². The standard InChI is InChI=1S/C13H19NO3/c1-8-4-5-12(16)11(6-8)13(17)14-9(2)7-10(3)15/h4-6,9-10,15-16H,7H2,1-3H3,(H,14,17). The van der Waals surface area contributed by atoms with E-state index in [9.17, 15) is 15.0 Å². The van der Waals surface area contributed by atoms with Crippen molar-refractivity contribution in [2.75, 3.05) is 0 Å². The average Bonchev–Trinajstić information content (AvgIpc) is 2.20. The number of aliphatic hydroxyl groups is 1. The van der Waals surface area contributed by atoms with Crippen molar-refractivity contribution in [1.82, 2.24) is 5.32 Å². The lowest BCUT2D eigenvalue weighted by atomic mass is 10.1. The van der Waals surface area contributed by atoms with Gasteiger partial charge in [0.1, 0.15) is 5.75 Å². The fourth-order valence-corrected chi connectivity index (χ4v) is 1.70. The number of aromatic hydroxyl groups is 1. The van der Waals surface area contributed by atoms with Gasteiger partial charge in [-0.15, -0.1) is 0 Å². The summed E-state index contributed by atoms with van der Waals surface area (Å²) < 4.78 is 0. The predicted molar refractivity (Wildman–Crippen MR) is 66.1 cm³/mol. The molecule has 4 heteroatoms. The highest BCUT2D eigenvalue weighted by atomic mass is 16.3. The van der Waals surface area contributed by atoms with Crippen LogP contribution < -0.4 is 5.32 Å². The van der Waals surface area contributed by atoms with Crippen LogP contribution in [-0.2, 0) is 0 Å². The van der Waals surface area contributed by atoms with E-state index in [0.717, 1.165) is 5.56 Å². The summed E-state index contributed by atoms with van der Waals surface area (Å²) in [6.07, 6.45) is 0.0228. The third kappa shape index (κ3) is 4.07. The number of hydrogen-bond donors (Lipinski definition) is 3. The van der Waals surface area contributed by atoms with Gasteiger partial charge in [0, 0.05) is 6.04 Å². The van der Waals surface area contributed by atoms with Gasteiger partial charge in [-0.25, -0.2) is 0 Å². The molecule has 2 unspecified atom stereocenters. The minimum atomic E-state index is -0.462. The van der Waals surface area contributed by atoms with Crippen LogP contribution in [0.3, 0.4) is 0 Å². The highest BCUT2D eigenvalue weighted by Gasteiger charge is 2.14. The molecule has 1 aromatic carbocycles. The molecule has 0 aliphatic carbocycles. The van der Waals surface area contributed by atoms with Gasteiger partial charge < -0.3 is 15.5 Å². The Bertz CT molecular complexity index is 402. The molecule has 0 heterocycles. The Kier molecular flexibility index (Phi) is 4.52. The van der Waals surface area contributed by atoms with Gasteiger partial charge in [-0.1, -0.05) is 11.6 Å². The van der Waals surface area contributed by atoms with E-state index in [1.54, 1.807) is 19.1 Å². The number of hydrogen-bond acceptors (Lipinski definition) is 3. The zero-order valence-electron chi connectivity index (χ0n) is 10.4. The molecule has 1 amide bonds. The monoisotopic (exact) mass is 237 g/mol. The molecule has 1 rings (SSSR count). The molecule has 0 spiro atoms. The van der Waals surface area contributed by atoms with Crippen molar-refractivity contribution in [1.29, 1.82) is 0 Å². The molecule has 0 radical (unpaired) electrons. The summed E-state index contributed by atoms with van der Waals surface area (Å²) in [5.74, 6) is -0.350. The Balaban J connectivity index is 2.73. The summed E-state index contributed by atoms with van der Waals surface area (Å²) in [4.78, 5) is 11.9. The molecule has 0 aliphatic rings. The van der Waals surface area contributed by atoms with Gasteiger partial charge in [-0.3, -0.25) is 4.79 Å². The fraction of sp³-hybridized carbons (Fsp3) is 0.462. The number of phenols is 1. The van der Waals surface area contributed by atoms with Crippen LogP contribution in [0, 0.1) is 6.92 Å². The van der Waals surface area contributed by atoms with Crippen LogP contribution in [0.15, 0.2) is 18.2 Å². The maximum atomic E-state index is 11.9. The Morgan fingerprint density at radius 2 is 2.06 bits per heavy atom. The van der Waals surface area contributed by atoms with Crippen LogP contribution in [0.25, 0.3) is 0 Å². The lowest BCUT2D eigenvalue weighted by Crippen LogP contribution is -2.34. The first kappa shape index (κ1) is 13.5. The van der Waals surface area contributed by atoms with Gasteiger partial charge in [0.2, 0.25) is 0 Å². The van der Waals surface area contributed by atoms with Crippen molar-refractivity contribution < 1.29 is 15.0 Å². The average molecular weight is 237 g/mol. The summed E-state index contributed by atoms with van der Waals surface area (Å²) in [5.41, 5.74) is 1.18. The Morgan fingerprint density at radius 3 is 2.65 bits per heavy atom. The number of amides is 1. The summed E-state index contributed by atoms with van der Waals surface area (Å²) in [6.45, 7) is 5.35. The number of nitrogens with one attached hydrogen (secondary N) is 1. The number of carbonyl (C=O) groups excluding carboxylic acids is 1. The van der Waals surface area contributed by atoms with Gasteiger partial charge >= 0.3 is 0 Å². The van der Waals surface area contributed by atoms with Gasteiger partial charge in [-0.05, 0) is 39.3 Å². The van der Waals surface area contributed by atoms with Crippen molar-refractivity contribution in [3.05, 3.63) is 29.3 Å². The van der Waals surface area contributed by atoms with Gasteiger partial charge in [0.15, 0.2) is 0 Å². The van der Waals surface area contributed by atoms with Crippen molar-refractivity contribution in [2.24, 2.45) is 0 Å². The predicted octanol–water partition coefficient (Wildman–Crippen LogP) is 1.59. The maximum Gasteiger partial charge on any atom is 0.255 e. The van der Waals surface area contributed by atoms with E-state index in [1.165, 1.54) is 6.07 Å². The first-order chi connectivity index (χ1) is 7.90. The summed E-state index contributed by atoms with van der Waals surface area (Å²) in [5, 5.41) is 21.5. The molecule has 0 aromatic heterocycles. The SMILES string of the molecule is Cc1ccc(O)c(C(=O)NC(C)CC(C)O)c1. The number of aryl methyl sites for hydroxylation is 1. The molecule has 2 atom stereocenters. The first-order valence-corrected chi connectivity index (χ1v) is 5.68. The van der Waals surface area contributed by atoms with Crippen LogP contribution in [0.1, 0.15) is 36.2 Å². The van der Waals surface area contributed by atoms with Gasteiger partial charge in [0.25, 0.3) is 5.91 Å². The fourth-order valence-electron chi connectivity index (χ4n) is 1.70. The number of rotatable bonds is 4.